The molecule has 2 heterocycles. The van der Waals surface area contributed by atoms with Crippen LogP contribution in [-0.4, -0.2) is 49.7 Å². The van der Waals surface area contributed by atoms with Gasteiger partial charge in [-0.05, 0) is 37.3 Å². The van der Waals surface area contributed by atoms with E-state index >= 15 is 0 Å². The molecule has 0 saturated carbocycles. The first-order valence-electron chi connectivity index (χ1n) is 9.96. The molecule has 9 nitrogen and oxygen atoms in total. The van der Waals surface area contributed by atoms with Gasteiger partial charge in [-0.3, -0.25) is 9.10 Å². The van der Waals surface area contributed by atoms with E-state index in [1.54, 1.807) is 49.4 Å². The van der Waals surface area contributed by atoms with Crippen LogP contribution in [0, 0.1) is 0 Å². The summed E-state index contributed by atoms with van der Waals surface area (Å²) in [7, 11) is -2.26. The number of hydrogen-bond acceptors (Lipinski definition) is 8. The van der Waals surface area contributed by atoms with Gasteiger partial charge in [-0.25, -0.2) is 23.2 Å². The van der Waals surface area contributed by atoms with Crippen molar-refractivity contribution in [2.45, 2.75) is 17.0 Å². The summed E-state index contributed by atoms with van der Waals surface area (Å²) < 4.78 is 31.7. The van der Waals surface area contributed by atoms with Crippen molar-refractivity contribution in [3.05, 3.63) is 60.3 Å². The third-order valence-corrected chi connectivity index (χ3v) is 7.52. The molecule has 0 atom stereocenters. The standard InChI is InChI=1S/C22H20N4O5S2/c1-3-31-21(28)14-8-10-15(11-9-14)24-19(27)13-32-22-23-12-18-20(25-22)16-6-4-5-7-17(16)26(2)33(18,29)30/h4-12H,3,13H2,1-2H3,(H,24,27). The van der Waals surface area contributed by atoms with E-state index in [9.17, 15) is 18.0 Å². The van der Waals surface area contributed by atoms with Crippen LogP contribution in [0.1, 0.15) is 17.3 Å². The lowest BCUT2D eigenvalue weighted by Crippen LogP contribution is -2.31. The maximum absolute atomic E-state index is 12.8. The zero-order valence-electron chi connectivity index (χ0n) is 17.8. The van der Waals surface area contributed by atoms with Crippen LogP contribution in [-0.2, 0) is 19.6 Å². The van der Waals surface area contributed by atoms with Gasteiger partial charge in [-0.15, -0.1) is 0 Å². The number of nitrogens with one attached hydrogen (secondary N) is 1. The highest BCUT2D eigenvalue weighted by molar-refractivity contribution is 7.99. The van der Waals surface area contributed by atoms with Gasteiger partial charge in [-0.1, -0.05) is 30.0 Å². The molecule has 2 aromatic carbocycles. The topological polar surface area (TPSA) is 119 Å². The van der Waals surface area contributed by atoms with Gasteiger partial charge in [0, 0.05) is 18.3 Å². The number of nitrogens with zero attached hydrogens (tertiary/aromatic N) is 3. The molecule has 11 heteroatoms. The van der Waals surface area contributed by atoms with Crippen LogP contribution in [0.2, 0.25) is 0 Å². The fraction of sp³-hybridized carbons (Fsp3) is 0.182. The number of sulfonamides is 1. The summed E-state index contributed by atoms with van der Waals surface area (Å²) in [4.78, 5) is 32.7. The third-order valence-electron chi connectivity index (χ3n) is 4.88. The number of carbonyl (C=O) groups excluding carboxylic acids is 2. The fourth-order valence-electron chi connectivity index (χ4n) is 3.26. The maximum atomic E-state index is 12.8. The van der Waals surface area contributed by atoms with Gasteiger partial charge in [0.05, 0.1) is 35.5 Å². The molecule has 1 aliphatic heterocycles. The van der Waals surface area contributed by atoms with E-state index in [1.807, 2.05) is 6.07 Å². The number of anilines is 2. The minimum atomic E-state index is -3.75. The van der Waals surface area contributed by atoms with E-state index in [2.05, 4.69) is 15.3 Å². The Kier molecular flexibility index (Phi) is 6.34. The van der Waals surface area contributed by atoms with Gasteiger partial charge < -0.3 is 10.1 Å². The molecule has 0 aliphatic carbocycles. The summed E-state index contributed by atoms with van der Waals surface area (Å²) in [5.41, 5.74) is 2.45. The first-order chi connectivity index (χ1) is 15.8. The van der Waals surface area contributed by atoms with Crippen LogP contribution in [0.4, 0.5) is 11.4 Å². The lowest BCUT2D eigenvalue weighted by atomic mass is 10.1. The Bertz CT molecular complexity index is 1330. The van der Waals surface area contributed by atoms with E-state index in [0.717, 1.165) is 11.8 Å². The number of ether oxygens (including phenoxy) is 1. The third kappa shape index (κ3) is 4.55. The average molecular weight is 485 g/mol. The van der Waals surface area contributed by atoms with Gasteiger partial charge >= 0.3 is 5.97 Å². The second kappa shape index (κ2) is 9.20. The minimum absolute atomic E-state index is 0.0205. The Morgan fingerprint density at radius 2 is 1.85 bits per heavy atom. The van der Waals surface area contributed by atoms with Gasteiger partial charge in [-0.2, -0.15) is 0 Å². The summed E-state index contributed by atoms with van der Waals surface area (Å²) in [6.45, 7) is 2.01. The van der Waals surface area contributed by atoms with Gasteiger partial charge in [0.15, 0.2) is 5.16 Å². The Morgan fingerprint density at radius 3 is 2.58 bits per heavy atom. The largest absolute Gasteiger partial charge is 0.462 e. The van der Waals surface area contributed by atoms with Crippen LogP contribution in [0.5, 0.6) is 0 Å². The number of thioether (sulfide) groups is 1. The van der Waals surface area contributed by atoms with Crippen LogP contribution in [0.25, 0.3) is 11.3 Å². The molecule has 0 saturated heterocycles. The number of aromatic nitrogens is 2. The number of amides is 1. The van der Waals surface area contributed by atoms with Gasteiger partial charge in [0.1, 0.15) is 4.90 Å². The van der Waals surface area contributed by atoms with E-state index in [1.165, 1.54) is 17.5 Å². The predicted octanol–water partition coefficient (Wildman–Crippen LogP) is 3.19. The van der Waals surface area contributed by atoms with Crippen LogP contribution < -0.4 is 9.62 Å². The number of esters is 1. The minimum Gasteiger partial charge on any atom is -0.462 e. The highest BCUT2D eigenvalue weighted by atomic mass is 32.2. The molecule has 0 fully saturated rings. The molecule has 1 aliphatic rings. The Morgan fingerprint density at radius 1 is 1.12 bits per heavy atom. The molecular formula is C22H20N4O5S2. The van der Waals surface area contributed by atoms with Crippen molar-refractivity contribution in [2.75, 3.05) is 29.0 Å². The molecule has 1 aromatic heterocycles. The summed E-state index contributed by atoms with van der Waals surface area (Å²) in [5, 5.41) is 3.03. The van der Waals surface area contributed by atoms with Crippen molar-refractivity contribution in [2.24, 2.45) is 0 Å². The highest BCUT2D eigenvalue weighted by Crippen LogP contribution is 2.41. The second-order valence-corrected chi connectivity index (χ2v) is 9.87. The molecule has 1 amide bonds. The number of rotatable bonds is 6. The van der Waals surface area contributed by atoms with E-state index in [4.69, 9.17) is 4.74 Å². The monoisotopic (exact) mass is 484 g/mol. The van der Waals surface area contributed by atoms with Crippen LogP contribution >= 0.6 is 11.8 Å². The number of hydrogen-bond donors (Lipinski definition) is 1. The first-order valence-corrected chi connectivity index (χ1v) is 12.4. The van der Waals surface area contributed by atoms with E-state index < -0.39 is 16.0 Å². The van der Waals surface area contributed by atoms with Gasteiger partial charge in [0.2, 0.25) is 5.91 Å². The molecule has 3 aromatic rings. The van der Waals surface area contributed by atoms with Crippen LogP contribution in [0.15, 0.2) is 64.8 Å². The Hall–Kier alpha value is -3.44. The zero-order chi connectivity index (χ0) is 23.6. The van der Waals surface area contributed by atoms with Crippen molar-refractivity contribution in [3.63, 3.8) is 0 Å². The molecule has 33 heavy (non-hydrogen) atoms. The summed E-state index contributed by atoms with van der Waals surface area (Å²) in [6, 6.07) is 13.5. The SMILES string of the molecule is CCOC(=O)c1ccc(NC(=O)CSc2ncc3c(n2)-c2ccccc2N(C)S3(=O)=O)cc1. The van der Waals surface area contributed by atoms with Crippen molar-refractivity contribution in [1.82, 2.24) is 9.97 Å². The number of carbonyl (C=O) groups is 2. The molecule has 0 radical (unpaired) electrons. The Labute approximate surface area is 195 Å². The van der Waals surface area contributed by atoms with E-state index in [-0.39, 0.29) is 28.3 Å². The molecule has 0 spiro atoms. The highest BCUT2D eigenvalue weighted by Gasteiger charge is 2.34. The summed E-state index contributed by atoms with van der Waals surface area (Å²) in [5.74, 6) is -0.699. The summed E-state index contributed by atoms with van der Waals surface area (Å²) in [6.07, 6.45) is 1.28. The maximum Gasteiger partial charge on any atom is 0.338 e. The van der Waals surface area contributed by atoms with Crippen molar-refractivity contribution in [1.29, 1.82) is 0 Å². The van der Waals surface area contributed by atoms with Crippen LogP contribution in [0.3, 0.4) is 0 Å². The average Bonchev–Trinajstić information content (AvgIpc) is 2.82. The quantitative estimate of drug-likeness (QED) is 0.322. The van der Waals surface area contributed by atoms with Crippen molar-refractivity contribution >= 4 is 45.0 Å². The predicted molar refractivity (Wildman–Crippen MR) is 125 cm³/mol. The zero-order valence-corrected chi connectivity index (χ0v) is 19.4. The smallest absolute Gasteiger partial charge is 0.338 e. The second-order valence-electron chi connectivity index (χ2n) is 6.99. The normalized spacial score (nSPS) is 13.6. The molecule has 170 valence electrons. The van der Waals surface area contributed by atoms with E-state index in [0.29, 0.717) is 28.2 Å². The number of para-hydroxylation sites is 1. The molecular weight excluding hydrogens is 464 g/mol. The lowest BCUT2D eigenvalue weighted by Gasteiger charge is -2.28. The number of fused-ring (bicyclic) bond motifs is 3. The lowest BCUT2D eigenvalue weighted by molar-refractivity contribution is -0.113. The summed E-state index contributed by atoms with van der Waals surface area (Å²) >= 11 is 1.09. The molecule has 1 N–H and O–H groups in total. The molecule has 4 rings (SSSR count). The van der Waals surface area contributed by atoms with Crippen molar-refractivity contribution < 1.29 is 22.7 Å². The van der Waals surface area contributed by atoms with Crippen molar-refractivity contribution in [3.8, 4) is 11.3 Å². The Balaban J connectivity index is 1.46. The molecule has 0 unspecified atom stereocenters. The van der Waals surface area contributed by atoms with Gasteiger partial charge in [0.25, 0.3) is 10.0 Å². The fourth-order valence-corrected chi connectivity index (χ4v) is 5.18. The number of benzene rings is 2. The first kappa shape index (κ1) is 22.7. The molecule has 0 bridgehead atoms.